The van der Waals surface area contributed by atoms with Crippen molar-refractivity contribution in [1.29, 1.82) is 0 Å². The van der Waals surface area contributed by atoms with Gasteiger partial charge in [-0.05, 0) is 67.8 Å². The van der Waals surface area contributed by atoms with E-state index in [4.69, 9.17) is 21.1 Å². The highest BCUT2D eigenvalue weighted by Gasteiger charge is 2.24. The summed E-state index contributed by atoms with van der Waals surface area (Å²) in [5, 5.41) is 6.36. The molecule has 1 N–H and O–H groups in total. The number of ether oxygens (including phenoxy) is 2. The summed E-state index contributed by atoms with van der Waals surface area (Å²) in [5.74, 6) is -0.424. The van der Waals surface area contributed by atoms with Crippen molar-refractivity contribution in [2.45, 2.75) is 39.8 Å². The molecule has 3 aromatic carbocycles. The van der Waals surface area contributed by atoms with Crippen LogP contribution in [0.5, 0.6) is 0 Å². The van der Waals surface area contributed by atoms with E-state index in [9.17, 15) is 9.59 Å². The topological polar surface area (TPSA) is 69.6 Å². The van der Waals surface area contributed by atoms with Gasteiger partial charge in [-0.2, -0.15) is 0 Å². The van der Waals surface area contributed by atoms with Crippen molar-refractivity contribution in [3.05, 3.63) is 70.9 Å². The Labute approximate surface area is 209 Å². The maximum atomic E-state index is 12.9. The van der Waals surface area contributed by atoms with Crippen LogP contribution in [0.2, 0.25) is 5.02 Å². The molecule has 0 atom stereocenters. The number of aromatic nitrogens is 1. The summed E-state index contributed by atoms with van der Waals surface area (Å²) in [6.07, 6.45) is -0.548. The average molecular weight is 493 g/mol. The van der Waals surface area contributed by atoms with Crippen molar-refractivity contribution in [2.75, 3.05) is 6.61 Å². The molecule has 1 heterocycles. The number of hydrogen-bond donors (Lipinski definition) is 1. The minimum Gasteiger partial charge on any atom is -0.462 e. The molecule has 0 aliphatic rings. The molecule has 0 saturated heterocycles. The molecule has 4 rings (SSSR count). The van der Waals surface area contributed by atoms with Gasteiger partial charge in [-0.15, -0.1) is 0 Å². The second-order valence-corrected chi connectivity index (χ2v) is 9.80. The maximum Gasteiger partial charge on any atom is 0.407 e. The third kappa shape index (κ3) is 5.13. The number of alkyl carbamates (subject to hydrolysis) is 1. The van der Waals surface area contributed by atoms with Crippen molar-refractivity contribution in [1.82, 2.24) is 9.88 Å². The fraction of sp³-hybridized carbons (Fsp3) is 0.286. The Morgan fingerprint density at radius 3 is 2.49 bits per heavy atom. The highest BCUT2D eigenvalue weighted by molar-refractivity contribution is 6.31. The van der Waals surface area contributed by atoms with Crippen molar-refractivity contribution in [3.8, 4) is 11.1 Å². The lowest BCUT2D eigenvalue weighted by atomic mass is 9.97. The first-order valence-corrected chi connectivity index (χ1v) is 11.9. The van der Waals surface area contributed by atoms with Gasteiger partial charge in [0, 0.05) is 23.0 Å². The lowest BCUT2D eigenvalue weighted by molar-refractivity contribution is 0.0502. The highest BCUT2D eigenvalue weighted by atomic mass is 35.5. The van der Waals surface area contributed by atoms with E-state index in [2.05, 4.69) is 17.4 Å². The van der Waals surface area contributed by atoms with Crippen LogP contribution in [0.1, 0.15) is 43.7 Å². The Balaban J connectivity index is 1.81. The maximum absolute atomic E-state index is 12.9. The highest BCUT2D eigenvalue weighted by Crippen LogP contribution is 2.34. The molecule has 0 bridgehead atoms. The number of halogens is 1. The van der Waals surface area contributed by atoms with Gasteiger partial charge in [-0.25, -0.2) is 9.59 Å². The molecule has 0 aliphatic carbocycles. The van der Waals surface area contributed by atoms with Crippen LogP contribution in [0.15, 0.2) is 54.6 Å². The van der Waals surface area contributed by atoms with Crippen LogP contribution >= 0.6 is 11.6 Å². The van der Waals surface area contributed by atoms with Gasteiger partial charge in [0.1, 0.15) is 5.60 Å². The number of carbonyl (C=O) groups is 2. The summed E-state index contributed by atoms with van der Waals surface area (Å²) >= 11 is 6.19. The number of aryl methyl sites for hydroxylation is 1. The van der Waals surface area contributed by atoms with Crippen LogP contribution < -0.4 is 5.32 Å². The van der Waals surface area contributed by atoms with E-state index < -0.39 is 17.7 Å². The van der Waals surface area contributed by atoms with Gasteiger partial charge in [0.2, 0.25) is 0 Å². The second kappa shape index (κ2) is 9.62. The molecule has 0 spiro atoms. The first-order chi connectivity index (χ1) is 16.6. The van der Waals surface area contributed by atoms with Crippen LogP contribution in [0, 0.1) is 0 Å². The molecule has 1 aromatic heterocycles. The van der Waals surface area contributed by atoms with E-state index in [1.54, 1.807) is 27.7 Å². The van der Waals surface area contributed by atoms with E-state index in [1.807, 2.05) is 54.1 Å². The number of carbonyl (C=O) groups excluding carboxylic acids is 2. The van der Waals surface area contributed by atoms with Gasteiger partial charge in [-0.1, -0.05) is 48.0 Å². The smallest absolute Gasteiger partial charge is 0.407 e. The molecular formula is C28H29ClN2O4. The monoisotopic (exact) mass is 492 g/mol. The predicted molar refractivity (Wildman–Crippen MR) is 140 cm³/mol. The van der Waals surface area contributed by atoms with Crippen LogP contribution in [-0.4, -0.2) is 28.8 Å². The molecule has 35 heavy (non-hydrogen) atoms. The van der Waals surface area contributed by atoms with E-state index in [0.29, 0.717) is 16.3 Å². The van der Waals surface area contributed by atoms with Crippen LogP contribution in [0.25, 0.3) is 32.8 Å². The largest absolute Gasteiger partial charge is 0.462 e. The molecule has 6 nitrogen and oxygen atoms in total. The fourth-order valence-electron chi connectivity index (χ4n) is 4.27. The minimum atomic E-state index is -0.620. The number of nitrogens with zero attached hydrogens (tertiary/aromatic N) is 1. The van der Waals surface area contributed by atoms with Crippen molar-refractivity contribution >= 4 is 45.3 Å². The average Bonchev–Trinajstić information content (AvgIpc) is 3.07. The number of hydrogen-bond acceptors (Lipinski definition) is 4. The Morgan fingerprint density at radius 2 is 1.77 bits per heavy atom. The molecular weight excluding hydrogens is 464 g/mol. The zero-order chi connectivity index (χ0) is 25.3. The zero-order valence-electron chi connectivity index (χ0n) is 20.6. The van der Waals surface area contributed by atoms with Crippen LogP contribution in [0.4, 0.5) is 4.79 Å². The Bertz CT molecular complexity index is 1430. The molecule has 0 unspecified atom stereocenters. The molecule has 4 aromatic rings. The molecule has 0 aliphatic heterocycles. The summed E-state index contributed by atoms with van der Waals surface area (Å²) in [4.78, 5) is 25.2. The standard InChI is InChI=1S/C28H29ClN2O4/c1-6-34-26(32)25-22-12-10-18(20-9-7-8-17-14-19(29)11-13-21(17)20)15-23(22)31(5)24(25)16-30-27(33)35-28(2,3)4/h7-15H,6,16H2,1-5H3,(H,30,33). The fourth-order valence-corrected chi connectivity index (χ4v) is 4.45. The summed E-state index contributed by atoms with van der Waals surface area (Å²) in [7, 11) is 1.88. The zero-order valence-corrected chi connectivity index (χ0v) is 21.3. The third-order valence-corrected chi connectivity index (χ3v) is 5.99. The quantitative estimate of drug-likeness (QED) is 0.309. The molecule has 0 radical (unpaired) electrons. The van der Waals surface area contributed by atoms with E-state index >= 15 is 0 Å². The Hall–Kier alpha value is -3.51. The van der Waals surface area contributed by atoms with Gasteiger partial charge < -0.3 is 19.4 Å². The van der Waals surface area contributed by atoms with Crippen molar-refractivity contribution in [3.63, 3.8) is 0 Å². The SMILES string of the molecule is CCOC(=O)c1c(CNC(=O)OC(C)(C)C)n(C)c2cc(-c3cccc4cc(Cl)ccc34)ccc12. The van der Waals surface area contributed by atoms with E-state index in [1.165, 1.54) is 0 Å². The van der Waals surface area contributed by atoms with Crippen LogP contribution in [0.3, 0.4) is 0 Å². The predicted octanol–water partition coefficient (Wildman–Crippen LogP) is 6.85. The van der Waals surface area contributed by atoms with Gasteiger partial charge in [0.25, 0.3) is 0 Å². The third-order valence-electron chi connectivity index (χ3n) is 5.75. The van der Waals surface area contributed by atoms with Crippen molar-refractivity contribution < 1.29 is 19.1 Å². The Kier molecular flexibility index (Phi) is 6.77. The molecule has 182 valence electrons. The molecule has 7 heteroatoms. The first kappa shape index (κ1) is 24.6. The summed E-state index contributed by atoms with van der Waals surface area (Å²) in [5.41, 5.74) is 3.40. The number of nitrogens with one attached hydrogen (secondary N) is 1. The number of benzene rings is 3. The van der Waals surface area contributed by atoms with Gasteiger partial charge >= 0.3 is 12.1 Å². The molecule has 0 saturated carbocycles. The minimum absolute atomic E-state index is 0.121. The Morgan fingerprint density at radius 1 is 1.03 bits per heavy atom. The van der Waals surface area contributed by atoms with E-state index in [-0.39, 0.29) is 13.2 Å². The van der Waals surface area contributed by atoms with Crippen molar-refractivity contribution in [2.24, 2.45) is 7.05 Å². The number of fused-ring (bicyclic) bond motifs is 2. The summed E-state index contributed by atoms with van der Waals surface area (Å²) in [6, 6.07) is 17.9. The van der Waals surface area contributed by atoms with Gasteiger partial charge in [-0.3, -0.25) is 0 Å². The number of esters is 1. The molecule has 0 fully saturated rings. The normalized spacial score (nSPS) is 11.6. The molecule has 1 amide bonds. The first-order valence-electron chi connectivity index (χ1n) is 11.5. The second-order valence-electron chi connectivity index (χ2n) is 9.36. The van der Waals surface area contributed by atoms with Crippen LogP contribution in [-0.2, 0) is 23.1 Å². The lowest BCUT2D eigenvalue weighted by Gasteiger charge is -2.20. The summed E-state index contributed by atoms with van der Waals surface area (Å²) < 4.78 is 12.6. The number of rotatable bonds is 5. The van der Waals surface area contributed by atoms with Gasteiger partial charge in [0.15, 0.2) is 0 Å². The van der Waals surface area contributed by atoms with E-state index in [0.717, 1.165) is 32.8 Å². The number of amides is 1. The lowest BCUT2D eigenvalue weighted by Crippen LogP contribution is -2.33. The van der Waals surface area contributed by atoms with Gasteiger partial charge in [0.05, 0.1) is 24.4 Å². The summed E-state index contributed by atoms with van der Waals surface area (Å²) in [6.45, 7) is 7.55.